The van der Waals surface area contributed by atoms with Crippen LogP contribution in [0.4, 0.5) is 11.5 Å². The Bertz CT molecular complexity index is 1590. The first-order valence-corrected chi connectivity index (χ1v) is 10.8. The van der Waals surface area contributed by atoms with Gasteiger partial charge in [-0.1, -0.05) is 36.4 Å². The SMILES string of the molecule is Cc1cc(O)c(C2c3ccc(O)cc3Oc3nc(N)c(C#N)c(N)c32)c(=O)n1Cc1ccccc1. The average Bonchev–Trinajstić information content (AvgIpc) is 2.82. The van der Waals surface area contributed by atoms with E-state index in [-0.39, 0.29) is 57.9 Å². The van der Waals surface area contributed by atoms with Crippen LogP contribution in [0.25, 0.3) is 0 Å². The van der Waals surface area contributed by atoms with Crippen LogP contribution < -0.4 is 21.8 Å². The van der Waals surface area contributed by atoms with Crippen molar-refractivity contribution in [2.45, 2.75) is 19.4 Å². The molecule has 35 heavy (non-hydrogen) atoms. The molecule has 0 aliphatic carbocycles. The molecule has 0 radical (unpaired) electrons. The third kappa shape index (κ3) is 3.48. The van der Waals surface area contributed by atoms with Crippen LogP contribution >= 0.6 is 0 Å². The second kappa shape index (κ2) is 8.11. The number of rotatable bonds is 3. The zero-order chi connectivity index (χ0) is 24.9. The summed E-state index contributed by atoms with van der Waals surface area (Å²) in [6, 6.07) is 17.3. The number of benzene rings is 2. The Balaban J connectivity index is 1.82. The van der Waals surface area contributed by atoms with Crippen LogP contribution in [-0.2, 0) is 6.54 Å². The summed E-state index contributed by atoms with van der Waals surface area (Å²) >= 11 is 0. The van der Waals surface area contributed by atoms with E-state index in [0.717, 1.165) is 5.56 Å². The molecule has 2 aromatic carbocycles. The number of aromatic hydroxyl groups is 2. The van der Waals surface area contributed by atoms with E-state index in [2.05, 4.69) is 4.98 Å². The molecule has 3 heterocycles. The van der Waals surface area contributed by atoms with Crippen LogP contribution in [0.1, 0.15) is 39.4 Å². The minimum atomic E-state index is -0.926. The van der Waals surface area contributed by atoms with Crippen LogP contribution in [0.15, 0.2) is 59.4 Å². The molecular formula is C26H21N5O4. The normalized spacial score (nSPS) is 13.9. The molecule has 4 aromatic rings. The van der Waals surface area contributed by atoms with Gasteiger partial charge in [-0.15, -0.1) is 0 Å². The molecular weight excluding hydrogens is 446 g/mol. The van der Waals surface area contributed by atoms with Crippen molar-refractivity contribution < 1.29 is 14.9 Å². The van der Waals surface area contributed by atoms with E-state index < -0.39 is 11.5 Å². The molecule has 2 aromatic heterocycles. The van der Waals surface area contributed by atoms with Crippen molar-refractivity contribution in [3.63, 3.8) is 0 Å². The Hall–Kier alpha value is -4.97. The Morgan fingerprint density at radius 2 is 1.86 bits per heavy atom. The molecule has 1 unspecified atom stereocenters. The van der Waals surface area contributed by atoms with Crippen molar-refractivity contribution >= 4 is 11.5 Å². The standard InChI is InChI=1S/C26H21N5O4/c1-13-9-18(33)21(26(34)31(13)12-14-5-3-2-4-6-14)20-16-8-7-15(32)10-19(16)35-25-22(20)23(28)17(11-27)24(29)30-25/h2-10,20,32-33H,12H2,1H3,(H4,28,29,30). The Kier molecular flexibility index (Phi) is 5.06. The van der Waals surface area contributed by atoms with Gasteiger partial charge in [0.1, 0.15) is 34.7 Å². The molecule has 0 amide bonds. The fourth-order valence-corrected chi connectivity index (χ4v) is 4.50. The smallest absolute Gasteiger partial charge is 0.258 e. The van der Waals surface area contributed by atoms with Crippen molar-refractivity contribution in [3.05, 3.63) is 98.5 Å². The largest absolute Gasteiger partial charge is 0.508 e. The highest BCUT2D eigenvalue weighted by Gasteiger charge is 2.37. The molecule has 5 rings (SSSR count). The Labute approximate surface area is 200 Å². The number of aromatic nitrogens is 2. The fraction of sp³-hybridized carbons (Fsp3) is 0.115. The van der Waals surface area contributed by atoms with Gasteiger partial charge in [0.05, 0.1) is 29.3 Å². The first-order chi connectivity index (χ1) is 16.8. The summed E-state index contributed by atoms with van der Waals surface area (Å²) in [6.45, 7) is 2.03. The average molecular weight is 467 g/mol. The number of phenols is 1. The van der Waals surface area contributed by atoms with Crippen LogP contribution in [0.3, 0.4) is 0 Å². The van der Waals surface area contributed by atoms with Gasteiger partial charge in [-0.25, -0.2) is 0 Å². The van der Waals surface area contributed by atoms with Gasteiger partial charge in [-0.05, 0) is 24.6 Å². The first kappa shape index (κ1) is 21.9. The summed E-state index contributed by atoms with van der Waals surface area (Å²) in [7, 11) is 0. The third-order valence-electron chi connectivity index (χ3n) is 6.18. The third-order valence-corrected chi connectivity index (χ3v) is 6.18. The highest BCUT2D eigenvalue weighted by molar-refractivity contribution is 5.75. The number of phenolic OH excluding ortho intramolecular Hbond substituents is 1. The number of nitrogens with zero attached hydrogens (tertiary/aromatic N) is 3. The summed E-state index contributed by atoms with van der Waals surface area (Å²) in [5.41, 5.74) is 14.1. The highest BCUT2D eigenvalue weighted by Crippen LogP contribution is 2.51. The lowest BCUT2D eigenvalue weighted by Crippen LogP contribution is -2.30. The maximum Gasteiger partial charge on any atom is 0.258 e. The highest BCUT2D eigenvalue weighted by atomic mass is 16.5. The molecule has 174 valence electrons. The van der Waals surface area contributed by atoms with E-state index in [0.29, 0.717) is 11.3 Å². The lowest BCUT2D eigenvalue weighted by Gasteiger charge is -2.30. The molecule has 9 heteroatoms. The molecule has 1 atom stereocenters. The molecule has 0 bridgehead atoms. The van der Waals surface area contributed by atoms with Gasteiger partial charge >= 0.3 is 0 Å². The summed E-state index contributed by atoms with van der Waals surface area (Å²) in [5, 5.41) is 30.7. The minimum Gasteiger partial charge on any atom is -0.508 e. The molecule has 0 saturated heterocycles. The molecule has 0 fully saturated rings. The number of pyridine rings is 2. The molecule has 6 N–H and O–H groups in total. The van der Waals surface area contributed by atoms with E-state index in [1.807, 2.05) is 36.4 Å². The maximum atomic E-state index is 13.9. The Morgan fingerprint density at radius 3 is 2.57 bits per heavy atom. The van der Waals surface area contributed by atoms with Gasteiger partial charge in [0.25, 0.3) is 5.56 Å². The second-order valence-corrected chi connectivity index (χ2v) is 8.34. The van der Waals surface area contributed by atoms with E-state index in [9.17, 15) is 20.3 Å². The number of nitrogens with two attached hydrogens (primary N) is 2. The van der Waals surface area contributed by atoms with Crippen LogP contribution in [-0.4, -0.2) is 19.8 Å². The number of hydrogen-bond acceptors (Lipinski definition) is 8. The number of nitrogen functional groups attached to an aromatic ring is 2. The van der Waals surface area contributed by atoms with E-state index in [1.165, 1.54) is 18.2 Å². The van der Waals surface area contributed by atoms with E-state index in [1.54, 1.807) is 17.6 Å². The van der Waals surface area contributed by atoms with Gasteiger partial charge < -0.3 is 31.0 Å². The van der Waals surface area contributed by atoms with Crippen LogP contribution in [0.5, 0.6) is 23.1 Å². The first-order valence-electron chi connectivity index (χ1n) is 10.8. The molecule has 1 aliphatic rings. The number of fused-ring (bicyclic) bond motifs is 2. The molecule has 9 nitrogen and oxygen atoms in total. The van der Waals surface area contributed by atoms with Crippen molar-refractivity contribution in [1.82, 2.24) is 9.55 Å². The van der Waals surface area contributed by atoms with Crippen molar-refractivity contribution in [2.24, 2.45) is 0 Å². The summed E-state index contributed by atoms with van der Waals surface area (Å²) in [5.74, 6) is -1.12. The van der Waals surface area contributed by atoms with Gasteiger partial charge in [-0.3, -0.25) is 4.79 Å². The zero-order valence-electron chi connectivity index (χ0n) is 18.7. The maximum absolute atomic E-state index is 13.9. The number of hydrogen-bond donors (Lipinski definition) is 4. The van der Waals surface area contributed by atoms with E-state index in [4.69, 9.17) is 16.2 Å². The van der Waals surface area contributed by atoms with Crippen molar-refractivity contribution in [1.29, 1.82) is 5.26 Å². The zero-order valence-corrected chi connectivity index (χ0v) is 18.7. The fourth-order valence-electron chi connectivity index (χ4n) is 4.50. The van der Waals surface area contributed by atoms with Crippen LogP contribution in [0.2, 0.25) is 0 Å². The quantitative estimate of drug-likeness (QED) is 0.314. The topological polar surface area (TPSA) is 160 Å². The van der Waals surface area contributed by atoms with Gasteiger partial charge in [0, 0.05) is 17.3 Å². The summed E-state index contributed by atoms with van der Waals surface area (Å²) < 4.78 is 7.43. The second-order valence-electron chi connectivity index (χ2n) is 8.34. The lowest BCUT2D eigenvalue weighted by molar-refractivity contribution is 0.419. The predicted octanol–water partition coefficient (Wildman–Crippen LogP) is 3.33. The predicted molar refractivity (Wildman–Crippen MR) is 130 cm³/mol. The number of nitriles is 1. The number of aryl methyl sites for hydroxylation is 1. The molecule has 1 aliphatic heterocycles. The monoisotopic (exact) mass is 467 g/mol. The molecule has 0 spiro atoms. The van der Waals surface area contributed by atoms with Crippen molar-refractivity contribution in [2.75, 3.05) is 11.5 Å². The minimum absolute atomic E-state index is 0.00363. The summed E-state index contributed by atoms with van der Waals surface area (Å²) in [4.78, 5) is 18.1. The van der Waals surface area contributed by atoms with Crippen LogP contribution in [0, 0.1) is 18.3 Å². The van der Waals surface area contributed by atoms with Gasteiger partial charge in [-0.2, -0.15) is 10.2 Å². The number of anilines is 2. The van der Waals surface area contributed by atoms with Gasteiger partial charge in [0.15, 0.2) is 0 Å². The summed E-state index contributed by atoms with van der Waals surface area (Å²) in [6.07, 6.45) is 0. The molecule has 0 saturated carbocycles. The van der Waals surface area contributed by atoms with Crippen molar-refractivity contribution in [3.8, 4) is 29.2 Å². The number of ether oxygens (including phenoxy) is 1. The Morgan fingerprint density at radius 1 is 1.11 bits per heavy atom. The van der Waals surface area contributed by atoms with E-state index >= 15 is 0 Å². The van der Waals surface area contributed by atoms with Gasteiger partial charge in [0.2, 0.25) is 5.88 Å². The lowest BCUT2D eigenvalue weighted by atomic mass is 9.82.